The molecule has 1 saturated heterocycles. The number of anilines is 1. The standard InChI is InChI=1S/C22H29N5O/c1-3-23-22(27-15-13-19(16-27)18-9-5-4-6-10-18)24-14-12-21(28)26-20-11-7-8-17(2)25-20/h4-11,19H,3,12-16H2,1-2H3,(H,23,24)(H,25,26,28). The van der Waals surface area contributed by atoms with E-state index in [1.165, 1.54) is 5.56 Å². The molecule has 2 aromatic rings. The molecule has 0 spiro atoms. The van der Waals surface area contributed by atoms with E-state index in [2.05, 4.69) is 62.8 Å². The summed E-state index contributed by atoms with van der Waals surface area (Å²) in [5.41, 5.74) is 2.26. The highest BCUT2D eigenvalue weighted by Crippen LogP contribution is 2.26. The summed E-state index contributed by atoms with van der Waals surface area (Å²) in [6.45, 7) is 7.16. The highest BCUT2D eigenvalue weighted by atomic mass is 16.1. The van der Waals surface area contributed by atoms with E-state index in [0.29, 0.717) is 24.7 Å². The van der Waals surface area contributed by atoms with Crippen molar-refractivity contribution in [3.63, 3.8) is 0 Å². The van der Waals surface area contributed by atoms with Crippen LogP contribution in [-0.4, -0.2) is 47.9 Å². The average Bonchev–Trinajstić information content (AvgIpc) is 3.18. The molecule has 1 aromatic carbocycles. The zero-order valence-corrected chi connectivity index (χ0v) is 16.7. The molecule has 148 valence electrons. The number of aliphatic imine (C=N–C) groups is 1. The van der Waals surface area contributed by atoms with Crippen molar-refractivity contribution in [3.05, 3.63) is 59.8 Å². The van der Waals surface area contributed by atoms with Crippen LogP contribution >= 0.6 is 0 Å². The smallest absolute Gasteiger partial charge is 0.227 e. The maximum atomic E-state index is 12.2. The predicted molar refractivity (Wildman–Crippen MR) is 114 cm³/mol. The van der Waals surface area contributed by atoms with E-state index in [1.807, 2.05) is 19.1 Å². The van der Waals surface area contributed by atoms with Crippen LogP contribution in [0.5, 0.6) is 0 Å². The first-order chi connectivity index (χ1) is 13.7. The lowest BCUT2D eigenvalue weighted by Gasteiger charge is -2.21. The van der Waals surface area contributed by atoms with E-state index < -0.39 is 0 Å². The molecule has 0 saturated carbocycles. The van der Waals surface area contributed by atoms with Gasteiger partial charge in [-0.3, -0.25) is 9.79 Å². The third-order valence-electron chi connectivity index (χ3n) is 4.85. The van der Waals surface area contributed by atoms with E-state index in [4.69, 9.17) is 0 Å². The number of pyridine rings is 1. The Morgan fingerprint density at radius 1 is 1.21 bits per heavy atom. The Kier molecular flexibility index (Phi) is 7.00. The predicted octanol–water partition coefficient (Wildman–Crippen LogP) is 3.17. The first kappa shape index (κ1) is 19.9. The van der Waals surface area contributed by atoms with Crippen LogP contribution in [0.3, 0.4) is 0 Å². The molecular formula is C22H29N5O. The number of carbonyl (C=O) groups excluding carboxylic acids is 1. The number of hydrogen-bond donors (Lipinski definition) is 2. The minimum absolute atomic E-state index is 0.0683. The number of guanidine groups is 1. The van der Waals surface area contributed by atoms with E-state index in [-0.39, 0.29) is 5.91 Å². The number of rotatable bonds is 6. The summed E-state index contributed by atoms with van der Waals surface area (Å²) >= 11 is 0. The number of aromatic nitrogens is 1. The zero-order chi connectivity index (χ0) is 19.8. The van der Waals surface area contributed by atoms with Crippen LogP contribution in [0.15, 0.2) is 53.5 Å². The van der Waals surface area contributed by atoms with Gasteiger partial charge in [0, 0.05) is 37.7 Å². The second kappa shape index (κ2) is 9.88. The second-order valence-corrected chi connectivity index (χ2v) is 7.04. The Morgan fingerprint density at radius 3 is 2.79 bits per heavy atom. The lowest BCUT2D eigenvalue weighted by Crippen LogP contribution is -2.40. The normalized spacial score (nSPS) is 16.9. The average molecular weight is 380 g/mol. The molecule has 2 heterocycles. The van der Waals surface area contributed by atoms with Crippen molar-refractivity contribution in [1.29, 1.82) is 0 Å². The monoisotopic (exact) mass is 379 g/mol. The number of likely N-dealkylation sites (tertiary alicyclic amines) is 1. The van der Waals surface area contributed by atoms with Gasteiger partial charge in [-0.2, -0.15) is 0 Å². The van der Waals surface area contributed by atoms with Gasteiger partial charge in [-0.05, 0) is 38.0 Å². The van der Waals surface area contributed by atoms with Crippen molar-refractivity contribution in [2.75, 3.05) is 31.5 Å². The van der Waals surface area contributed by atoms with Gasteiger partial charge >= 0.3 is 0 Å². The third kappa shape index (κ3) is 5.55. The second-order valence-electron chi connectivity index (χ2n) is 7.04. The Hall–Kier alpha value is -2.89. The summed E-state index contributed by atoms with van der Waals surface area (Å²) in [5, 5.41) is 6.19. The van der Waals surface area contributed by atoms with Gasteiger partial charge < -0.3 is 15.5 Å². The van der Waals surface area contributed by atoms with Crippen LogP contribution in [0.25, 0.3) is 0 Å². The van der Waals surface area contributed by atoms with Crippen molar-refractivity contribution < 1.29 is 4.79 Å². The Balaban J connectivity index is 1.53. The van der Waals surface area contributed by atoms with Gasteiger partial charge in [0.05, 0.1) is 6.54 Å². The number of hydrogen-bond acceptors (Lipinski definition) is 3. The van der Waals surface area contributed by atoms with Crippen molar-refractivity contribution >= 4 is 17.7 Å². The lowest BCUT2D eigenvalue weighted by atomic mass is 9.99. The van der Waals surface area contributed by atoms with Crippen LogP contribution in [0.1, 0.15) is 36.9 Å². The van der Waals surface area contributed by atoms with Crippen LogP contribution in [0, 0.1) is 6.92 Å². The molecule has 1 aromatic heterocycles. The van der Waals surface area contributed by atoms with Crippen molar-refractivity contribution in [2.45, 2.75) is 32.6 Å². The van der Waals surface area contributed by atoms with Crippen LogP contribution in [0.4, 0.5) is 5.82 Å². The van der Waals surface area contributed by atoms with Gasteiger partial charge in [0.15, 0.2) is 5.96 Å². The quantitative estimate of drug-likeness (QED) is 0.597. The van der Waals surface area contributed by atoms with Crippen LogP contribution in [0.2, 0.25) is 0 Å². The molecule has 6 nitrogen and oxygen atoms in total. The first-order valence-electron chi connectivity index (χ1n) is 9.97. The highest BCUT2D eigenvalue weighted by Gasteiger charge is 2.25. The summed E-state index contributed by atoms with van der Waals surface area (Å²) in [7, 11) is 0. The van der Waals surface area contributed by atoms with Crippen molar-refractivity contribution in [3.8, 4) is 0 Å². The SMILES string of the molecule is CCNC(=NCCC(=O)Nc1cccc(C)n1)N1CCC(c2ccccc2)C1. The van der Waals surface area contributed by atoms with Gasteiger partial charge in [-0.25, -0.2) is 4.98 Å². The summed E-state index contributed by atoms with van der Waals surface area (Å²) in [6, 6.07) is 16.2. The molecule has 1 aliphatic rings. The number of nitrogens with zero attached hydrogens (tertiary/aromatic N) is 3. The Labute approximate surface area is 167 Å². The summed E-state index contributed by atoms with van der Waals surface area (Å²) in [4.78, 5) is 23.4. The molecule has 0 radical (unpaired) electrons. The largest absolute Gasteiger partial charge is 0.357 e. The molecule has 1 atom stereocenters. The number of nitrogens with one attached hydrogen (secondary N) is 2. The number of benzene rings is 1. The number of amides is 1. The molecule has 1 aliphatic heterocycles. The summed E-state index contributed by atoms with van der Waals surface area (Å²) in [6.07, 6.45) is 1.45. The molecule has 0 aliphatic carbocycles. The maximum absolute atomic E-state index is 12.2. The summed E-state index contributed by atoms with van der Waals surface area (Å²) < 4.78 is 0. The van der Waals surface area contributed by atoms with Gasteiger partial charge in [0.2, 0.25) is 5.91 Å². The summed E-state index contributed by atoms with van der Waals surface area (Å²) in [5.74, 6) is 1.94. The minimum Gasteiger partial charge on any atom is -0.357 e. The van der Waals surface area contributed by atoms with Crippen molar-refractivity contribution in [1.82, 2.24) is 15.2 Å². The van der Waals surface area contributed by atoms with Gasteiger partial charge in [-0.15, -0.1) is 0 Å². The lowest BCUT2D eigenvalue weighted by molar-refractivity contribution is -0.116. The molecule has 0 bridgehead atoms. The number of aryl methyl sites for hydroxylation is 1. The third-order valence-corrected chi connectivity index (χ3v) is 4.85. The molecule has 1 unspecified atom stereocenters. The fourth-order valence-corrected chi connectivity index (χ4v) is 3.46. The van der Waals surface area contributed by atoms with Crippen molar-refractivity contribution in [2.24, 2.45) is 4.99 Å². The Morgan fingerprint density at radius 2 is 2.04 bits per heavy atom. The van der Waals surface area contributed by atoms with Gasteiger partial charge in [0.1, 0.15) is 5.82 Å². The van der Waals surface area contributed by atoms with Crippen LogP contribution < -0.4 is 10.6 Å². The van der Waals surface area contributed by atoms with E-state index in [9.17, 15) is 4.79 Å². The van der Waals surface area contributed by atoms with E-state index in [1.54, 1.807) is 6.07 Å². The molecular weight excluding hydrogens is 350 g/mol. The Bertz CT molecular complexity index is 806. The fourth-order valence-electron chi connectivity index (χ4n) is 3.46. The fraction of sp³-hybridized carbons (Fsp3) is 0.409. The minimum atomic E-state index is -0.0683. The van der Waals surface area contributed by atoms with Crippen LogP contribution in [-0.2, 0) is 4.79 Å². The molecule has 3 rings (SSSR count). The zero-order valence-electron chi connectivity index (χ0n) is 16.7. The molecule has 2 N–H and O–H groups in total. The van der Waals surface area contributed by atoms with Gasteiger partial charge in [-0.1, -0.05) is 36.4 Å². The molecule has 1 amide bonds. The topological polar surface area (TPSA) is 69.6 Å². The van der Waals surface area contributed by atoms with E-state index >= 15 is 0 Å². The maximum Gasteiger partial charge on any atom is 0.227 e. The first-order valence-corrected chi connectivity index (χ1v) is 9.97. The number of carbonyl (C=O) groups is 1. The molecule has 6 heteroatoms. The molecule has 28 heavy (non-hydrogen) atoms. The van der Waals surface area contributed by atoms with E-state index in [0.717, 1.165) is 37.7 Å². The van der Waals surface area contributed by atoms with Gasteiger partial charge in [0.25, 0.3) is 0 Å². The molecule has 1 fully saturated rings. The highest BCUT2D eigenvalue weighted by molar-refractivity contribution is 5.90.